The molecule has 1 N–H and O–H groups in total. The van der Waals surface area contributed by atoms with E-state index in [-0.39, 0.29) is 12.1 Å². The minimum atomic E-state index is -0.0346. The maximum Gasteiger partial charge on any atom is 0.321 e. The molecule has 0 radical (unpaired) electrons. The largest absolute Gasteiger partial charge is 0.488 e. The topological polar surface area (TPSA) is 79.8 Å². The number of carbonyl (C=O) groups excluding carboxylic acids is 1. The lowest BCUT2D eigenvalue weighted by atomic mass is 9.91. The average Bonchev–Trinajstić information content (AvgIpc) is 3.64. The summed E-state index contributed by atoms with van der Waals surface area (Å²) in [7, 11) is 0. The number of hydrogen-bond donors (Lipinski definition) is 1. The summed E-state index contributed by atoms with van der Waals surface area (Å²) in [6.07, 6.45) is 6.95. The molecule has 3 aliphatic rings. The van der Waals surface area contributed by atoms with E-state index in [4.69, 9.17) is 9.47 Å². The number of ether oxygens (including phenoxy) is 2. The maximum atomic E-state index is 12.9. The van der Waals surface area contributed by atoms with Gasteiger partial charge in [0.15, 0.2) is 0 Å². The number of urea groups is 1. The van der Waals surface area contributed by atoms with E-state index >= 15 is 0 Å². The van der Waals surface area contributed by atoms with Crippen LogP contribution in [0.5, 0.6) is 5.75 Å². The number of rotatable bonds is 5. The number of likely N-dealkylation sites (tertiary alicyclic amines) is 1. The molecule has 1 aromatic heterocycles. The molecule has 0 unspecified atom stereocenters. The van der Waals surface area contributed by atoms with E-state index < -0.39 is 0 Å². The zero-order valence-electron chi connectivity index (χ0n) is 20.6. The van der Waals surface area contributed by atoms with E-state index in [1.54, 1.807) is 6.33 Å². The van der Waals surface area contributed by atoms with Crippen LogP contribution >= 0.6 is 0 Å². The lowest BCUT2D eigenvalue weighted by Gasteiger charge is -2.32. The summed E-state index contributed by atoms with van der Waals surface area (Å²) in [5.41, 5.74) is 4.03. The molecule has 3 fully saturated rings. The SMILES string of the molecule is O=C(Nc1ccc(N2CCCC2)cc1)N1CCC(c2ncnc3cc(O[C@@H]4CCOC4)ccc23)CC1. The molecule has 0 spiro atoms. The second kappa shape index (κ2) is 10.3. The first-order chi connectivity index (χ1) is 17.7. The van der Waals surface area contributed by atoms with Crippen LogP contribution in [0.3, 0.4) is 0 Å². The summed E-state index contributed by atoms with van der Waals surface area (Å²) < 4.78 is 11.5. The third-order valence-corrected chi connectivity index (χ3v) is 7.59. The first-order valence-electron chi connectivity index (χ1n) is 13.1. The van der Waals surface area contributed by atoms with Gasteiger partial charge in [-0.05, 0) is 62.1 Å². The van der Waals surface area contributed by atoms with E-state index in [1.807, 2.05) is 29.2 Å². The third-order valence-electron chi connectivity index (χ3n) is 7.59. The van der Waals surface area contributed by atoms with E-state index in [9.17, 15) is 4.79 Å². The number of anilines is 2. The van der Waals surface area contributed by atoms with Gasteiger partial charge < -0.3 is 24.6 Å². The summed E-state index contributed by atoms with van der Waals surface area (Å²) in [5.74, 6) is 1.12. The van der Waals surface area contributed by atoms with Crippen LogP contribution in [0.25, 0.3) is 10.9 Å². The Kier molecular flexibility index (Phi) is 6.59. The van der Waals surface area contributed by atoms with Gasteiger partial charge in [-0.2, -0.15) is 0 Å². The Morgan fingerprint density at radius 2 is 1.78 bits per heavy atom. The second-order valence-corrected chi connectivity index (χ2v) is 9.97. The first kappa shape index (κ1) is 23.0. The van der Waals surface area contributed by atoms with Crippen molar-refractivity contribution in [2.24, 2.45) is 0 Å². The fourth-order valence-electron chi connectivity index (χ4n) is 5.54. The molecular weight excluding hydrogens is 454 g/mol. The highest BCUT2D eigenvalue weighted by atomic mass is 16.5. The normalized spacial score (nSPS) is 20.7. The van der Waals surface area contributed by atoms with Crippen molar-refractivity contribution in [2.45, 2.75) is 44.1 Å². The predicted molar refractivity (Wildman–Crippen MR) is 140 cm³/mol. The van der Waals surface area contributed by atoms with Crippen molar-refractivity contribution >= 4 is 28.3 Å². The summed E-state index contributed by atoms with van der Waals surface area (Å²) in [4.78, 5) is 26.3. The molecule has 3 aromatic rings. The maximum absolute atomic E-state index is 12.9. The van der Waals surface area contributed by atoms with Gasteiger partial charge in [-0.15, -0.1) is 0 Å². The number of amides is 2. The van der Waals surface area contributed by atoms with Crippen molar-refractivity contribution in [1.82, 2.24) is 14.9 Å². The number of aromatic nitrogens is 2. The molecule has 1 atom stereocenters. The third kappa shape index (κ3) is 4.95. The fourth-order valence-corrected chi connectivity index (χ4v) is 5.54. The molecule has 188 valence electrons. The molecule has 2 amide bonds. The number of fused-ring (bicyclic) bond motifs is 1. The smallest absolute Gasteiger partial charge is 0.321 e. The zero-order valence-corrected chi connectivity index (χ0v) is 20.6. The highest BCUT2D eigenvalue weighted by Crippen LogP contribution is 2.33. The quantitative estimate of drug-likeness (QED) is 0.556. The van der Waals surface area contributed by atoms with Gasteiger partial charge in [-0.1, -0.05) is 0 Å². The van der Waals surface area contributed by atoms with Gasteiger partial charge in [0.2, 0.25) is 0 Å². The summed E-state index contributed by atoms with van der Waals surface area (Å²) in [5, 5.41) is 4.13. The fraction of sp³-hybridized carbons (Fsp3) is 0.464. The zero-order chi connectivity index (χ0) is 24.3. The van der Waals surface area contributed by atoms with Gasteiger partial charge in [-0.25, -0.2) is 14.8 Å². The van der Waals surface area contributed by atoms with Crippen molar-refractivity contribution < 1.29 is 14.3 Å². The van der Waals surface area contributed by atoms with Crippen LogP contribution in [0.1, 0.15) is 43.7 Å². The van der Waals surface area contributed by atoms with Crippen LogP contribution in [0.4, 0.5) is 16.2 Å². The summed E-state index contributed by atoms with van der Waals surface area (Å²) >= 11 is 0. The summed E-state index contributed by atoms with van der Waals surface area (Å²) in [6.45, 7) is 5.04. The lowest BCUT2D eigenvalue weighted by Crippen LogP contribution is -2.40. The van der Waals surface area contributed by atoms with E-state index in [0.29, 0.717) is 25.6 Å². The van der Waals surface area contributed by atoms with Gasteiger partial charge in [0, 0.05) is 61.3 Å². The molecular formula is C28H33N5O3. The van der Waals surface area contributed by atoms with Crippen molar-refractivity contribution in [3.05, 3.63) is 54.5 Å². The van der Waals surface area contributed by atoms with E-state index in [1.165, 1.54) is 18.5 Å². The standard InChI is InChI=1S/C28H33N5O3/c34-28(31-21-3-5-22(6-4-21)32-12-1-2-13-32)33-14-9-20(10-15-33)27-25-8-7-23(17-26(25)29-19-30-27)36-24-11-16-35-18-24/h3-8,17,19-20,24H,1-2,9-16,18H2,(H,31,34)/t24-/m1/s1. The number of piperidine rings is 1. The Balaban J connectivity index is 1.06. The molecule has 4 heterocycles. The van der Waals surface area contributed by atoms with Gasteiger partial charge in [0.1, 0.15) is 18.2 Å². The number of hydrogen-bond acceptors (Lipinski definition) is 6. The van der Waals surface area contributed by atoms with Crippen LogP contribution in [0.2, 0.25) is 0 Å². The summed E-state index contributed by atoms with van der Waals surface area (Å²) in [6, 6.07) is 14.2. The molecule has 36 heavy (non-hydrogen) atoms. The second-order valence-electron chi connectivity index (χ2n) is 9.97. The molecule has 8 heteroatoms. The van der Waals surface area contributed by atoms with Crippen molar-refractivity contribution in [1.29, 1.82) is 0 Å². The monoisotopic (exact) mass is 487 g/mol. The van der Waals surface area contributed by atoms with Crippen molar-refractivity contribution in [3.63, 3.8) is 0 Å². The van der Waals surface area contributed by atoms with Gasteiger partial charge in [-0.3, -0.25) is 0 Å². The van der Waals surface area contributed by atoms with Gasteiger partial charge in [0.25, 0.3) is 0 Å². The predicted octanol–water partition coefficient (Wildman–Crippen LogP) is 4.81. The number of nitrogens with one attached hydrogen (secondary N) is 1. The van der Waals surface area contributed by atoms with Crippen LogP contribution in [-0.4, -0.2) is 66.4 Å². The minimum absolute atomic E-state index is 0.0346. The minimum Gasteiger partial charge on any atom is -0.488 e. The lowest BCUT2D eigenvalue weighted by molar-refractivity contribution is 0.141. The Hall–Kier alpha value is -3.39. The Labute approximate surface area is 211 Å². The Morgan fingerprint density at radius 3 is 2.53 bits per heavy atom. The van der Waals surface area contributed by atoms with Gasteiger partial charge >= 0.3 is 6.03 Å². The highest BCUT2D eigenvalue weighted by molar-refractivity contribution is 5.89. The highest BCUT2D eigenvalue weighted by Gasteiger charge is 2.26. The van der Waals surface area contributed by atoms with Crippen LogP contribution in [0.15, 0.2) is 48.8 Å². The Bertz CT molecular complexity index is 1200. The Morgan fingerprint density at radius 1 is 0.972 bits per heavy atom. The number of carbonyl (C=O) groups is 1. The molecule has 0 bridgehead atoms. The van der Waals surface area contributed by atoms with Crippen LogP contribution in [-0.2, 0) is 4.74 Å². The average molecular weight is 488 g/mol. The number of benzene rings is 2. The van der Waals surface area contributed by atoms with Crippen LogP contribution in [0, 0.1) is 0 Å². The van der Waals surface area contributed by atoms with Crippen molar-refractivity contribution in [2.75, 3.05) is 49.6 Å². The van der Waals surface area contributed by atoms with E-state index in [0.717, 1.165) is 67.0 Å². The molecule has 3 saturated heterocycles. The first-order valence-corrected chi connectivity index (χ1v) is 13.1. The molecule has 0 saturated carbocycles. The van der Waals surface area contributed by atoms with Crippen LogP contribution < -0.4 is 15.0 Å². The number of nitrogens with zero attached hydrogens (tertiary/aromatic N) is 4. The van der Waals surface area contributed by atoms with Gasteiger partial charge in [0.05, 0.1) is 24.4 Å². The van der Waals surface area contributed by atoms with E-state index in [2.05, 4.69) is 38.4 Å². The molecule has 6 rings (SSSR count). The van der Waals surface area contributed by atoms with Crippen molar-refractivity contribution in [3.8, 4) is 5.75 Å². The molecule has 8 nitrogen and oxygen atoms in total. The molecule has 3 aliphatic heterocycles. The molecule has 0 aliphatic carbocycles. The molecule has 2 aromatic carbocycles.